The van der Waals surface area contributed by atoms with Gasteiger partial charge in [0, 0.05) is 13.1 Å². The van der Waals surface area contributed by atoms with Crippen LogP contribution in [0, 0.1) is 0 Å². The van der Waals surface area contributed by atoms with Gasteiger partial charge in [-0.1, -0.05) is 0 Å². The molecule has 1 atom stereocenters. The predicted octanol–water partition coefficient (Wildman–Crippen LogP) is -0.650. The normalized spacial score (nSPS) is 33.3. The van der Waals surface area contributed by atoms with Crippen molar-refractivity contribution in [2.75, 3.05) is 26.3 Å². The van der Waals surface area contributed by atoms with E-state index in [-0.39, 0.29) is 11.6 Å². The van der Waals surface area contributed by atoms with E-state index in [0.29, 0.717) is 6.67 Å². The number of carbonyl (C=O) groups is 1. The first-order chi connectivity index (χ1) is 7.32. The van der Waals surface area contributed by atoms with Crippen molar-refractivity contribution in [3.63, 3.8) is 0 Å². The number of hydrogen-bond donors (Lipinski definition) is 2. The standard InChI is InChI=1S/C9H15N5O/c15-8(14-7-11-6-12-14)13-4-2-9(13)1-3-10-5-9/h6,10H,1-5,7H2,(H,11,12). The van der Waals surface area contributed by atoms with Crippen LogP contribution < -0.4 is 10.7 Å². The maximum atomic E-state index is 12.1. The number of likely N-dealkylation sites (tertiary alicyclic amines) is 1. The third-order valence-corrected chi connectivity index (χ3v) is 3.58. The van der Waals surface area contributed by atoms with Crippen molar-refractivity contribution < 1.29 is 4.79 Å². The zero-order valence-electron chi connectivity index (χ0n) is 8.57. The number of amides is 2. The molecule has 0 aromatic carbocycles. The van der Waals surface area contributed by atoms with Gasteiger partial charge in [-0.15, -0.1) is 0 Å². The van der Waals surface area contributed by atoms with E-state index >= 15 is 0 Å². The fourth-order valence-corrected chi connectivity index (χ4v) is 2.55. The van der Waals surface area contributed by atoms with Crippen LogP contribution in [0.25, 0.3) is 0 Å². The first-order valence-corrected chi connectivity index (χ1v) is 5.36. The lowest BCUT2D eigenvalue weighted by molar-refractivity contribution is 0.0190. The van der Waals surface area contributed by atoms with Gasteiger partial charge in [0.2, 0.25) is 0 Å². The second-order valence-electron chi connectivity index (χ2n) is 4.35. The molecule has 3 aliphatic rings. The van der Waals surface area contributed by atoms with Crippen molar-refractivity contribution in [1.29, 1.82) is 0 Å². The lowest BCUT2D eigenvalue weighted by Crippen LogP contribution is -2.66. The van der Waals surface area contributed by atoms with Gasteiger partial charge >= 0.3 is 6.03 Å². The lowest BCUT2D eigenvalue weighted by Gasteiger charge is -2.51. The Kier molecular flexibility index (Phi) is 1.85. The molecule has 1 unspecified atom stereocenters. The summed E-state index contributed by atoms with van der Waals surface area (Å²) in [7, 11) is 0. The van der Waals surface area contributed by atoms with Gasteiger partial charge in [-0.25, -0.2) is 9.80 Å². The van der Waals surface area contributed by atoms with E-state index in [2.05, 4.69) is 15.7 Å². The van der Waals surface area contributed by atoms with Crippen molar-refractivity contribution >= 4 is 12.4 Å². The van der Waals surface area contributed by atoms with Crippen LogP contribution in [-0.4, -0.2) is 54.1 Å². The monoisotopic (exact) mass is 209 g/mol. The number of hydrazine groups is 1. The molecule has 3 rings (SSSR count). The molecule has 2 N–H and O–H groups in total. The Bertz CT molecular complexity index is 302. The molecule has 0 aliphatic carbocycles. The van der Waals surface area contributed by atoms with E-state index in [1.54, 1.807) is 11.3 Å². The molecule has 0 aromatic heterocycles. The van der Waals surface area contributed by atoms with Crippen molar-refractivity contribution in [3.05, 3.63) is 0 Å². The number of hydrogen-bond acceptors (Lipinski definition) is 4. The van der Waals surface area contributed by atoms with Gasteiger partial charge < -0.3 is 10.2 Å². The Morgan fingerprint density at radius 3 is 2.93 bits per heavy atom. The number of aliphatic imine (C=N–C) groups is 1. The first kappa shape index (κ1) is 8.96. The van der Waals surface area contributed by atoms with Crippen LogP contribution in [0.15, 0.2) is 4.99 Å². The largest absolute Gasteiger partial charge is 0.340 e. The lowest BCUT2D eigenvalue weighted by atomic mass is 9.84. The number of nitrogens with zero attached hydrogens (tertiary/aromatic N) is 3. The summed E-state index contributed by atoms with van der Waals surface area (Å²) in [5, 5.41) is 4.88. The van der Waals surface area contributed by atoms with E-state index < -0.39 is 0 Å². The Morgan fingerprint density at radius 1 is 1.47 bits per heavy atom. The van der Waals surface area contributed by atoms with Gasteiger partial charge in [-0.05, 0) is 19.4 Å². The smallest absolute Gasteiger partial charge is 0.316 e. The first-order valence-electron chi connectivity index (χ1n) is 5.36. The topological polar surface area (TPSA) is 60.0 Å². The molecule has 15 heavy (non-hydrogen) atoms. The molecule has 0 aromatic rings. The van der Waals surface area contributed by atoms with E-state index in [0.717, 1.165) is 32.5 Å². The van der Waals surface area contributed by atoms with Gasteiger partial charge in [0.15, 0.2) is 0 Å². The average molecular weight is 209 g/mol. The molecular formula is C9H15N5O. The molecule has 2 saturated heterocycles. The third-order valence-electron chi connectivity index (χ3n) is 3.58. The Morgan fingerprint density at radius 2 is 2.40 bits per heavy atom. The molecular weight excluding hydrogens is 194 g/mol. The zero-order chi connectivity index (χ0) is 10.3. The fraction of sp³-hybridized carbons (Fsp3) is 0.778. The van der Waals surface area contributed by atoms with Crippen LogP contribution in [0.2, 0.25) is 0 Å². The SMILES string of the molecule is O=C(N1CN=CN1)N1CCC12CCNC2. The summed E-state index contributed by atoms with van der Waals surface area (Å²) in [6.07, 6.45) is 3.77. The van der Waals surface area contributed by atoms with Gasteiger partial charge in [0.1, 0.15) is 13.0 Å². The van der Waals surface area contributed by atoms with E-state index in [4.69, 9.17) is 0 Å². The maximum Gasteiger partial charge on any atom is 0.340 e. The third kappa shape index (κ3) is 1.21. The van der Waals surface area contributed by atoms with Crippen molar-refractivity contribution in [2.24, 2.45) is 4.99 Å². The second-order valence-corrected chi connectivity index (χ2v) is 4.35. The molecule has 6 nitrogen and oxygen atoms in total. The Labute approximate surface area is 88.3 Å². The van der Waals surface area contributed by atoms with Crippen LogP contribution in [0.3, 0.4) is 0 Å². The average Bonchev–Trinajstić information content (AvgIpc) is 2.89. The highest BCUT2D eigenvalue weighted by Crippen LogP contribution is 2.36. The van der Waals surface area contributed by atoms with Crippen molar-refractivity contribution in [1.82, 2.24) is 20.7 Å². The van der Waals surface area contributed by atoms with Crippen LogP contribution in [0.4, 0.5) is 4.79 Å². The highest BCUT2D eigenvalue weighted by Gasteiger charge is 2.50. The quantitative estimate of drug-likeness (QED) is 0.557. The molecule has 3 heterocycles. The van der Waals surface area contributed by atoms with Gasteiger partial charge in [0.05, 0.1) is 5.54 Å². The highest BCUT2D eigenvalue weighted by atomic mass is 16.2. The summed E-state index contributed by atoms with van der Waals surface area (Å²) < 4.78 is 0. The van der Waals surface area contributed by atoms with Gasteiger partial charge in [-0.2, -0.15) is 0 Å². The van der Waals surface area contributed by atoms with E-state index in [9.17, 15) is 4.79 Å². The summed E-state index contributed by atoms with van der Waals surface area (Å²) in [6, 6.07) is 0.0578. The van der Waals surface area contributed by atoms with Crippen LogP contribution >= 0.6 is 0 Å². The predicted molar refractivity (Wildman–Crippen MR) is 55.3 cm³/mol. The minimum absolute atomic E-state index is 0.0578. The molecule has 6 heteroatoms. The Hall–Kier alpha value is -1.30. The number of urea groups is 1. The highest BCUT2D eigenvalue weighted by molar-refractivity contribution is 5.79. The second kappa shape index (κ2) is 3.10. The summed E-state index contributed by atoms with van der Waals surface area (Å²) in [5.74, 6) is 0. The molecule has 3 aliphatic heterocycles. The minimum Gasteiger partial charge on any atom is -0.316 e. The molecule has 2 amide bonds. The summed E-state index contributed by atoms with van der Waals surface area (Å²) >= 11 is 0. The van der Waals surface area contributed by atoms with E-state index in [1.807, 2.05) is 4.90 Å². The van der Waals surface area contributed by atoms with Crippen LogP contribution in [-0.2, 0) is 0 Å². The van der Waals surface area contributed by atoms with Gasteiger partial charge in [0.25, 0.3) is 0 Å². The summed E-state index contributed by atoms with van der Waals surface area (Å²) in [4.78, 5) is 18.0. The van der Waals surface area contributed by atoms with Crippen molar-refractivity contribution in [3.8, 4) is 0 Å². The molecule has 0 radical (unpaired) electrons. The van der Waals surface area contributed by atoms with E-state index in [1.165, 1.54) is 0 Å². The van der Waals surface area contributed by atoms with Gasteiger partial charge in [-0.3, -0.25) is 10.4 Å². The number of rotatable bonds is 0. The summed E-state index contributed by atoms with van der Waals surface area (Å²) in [5.41, 5.74) is 2.94. The zero-order valence-corrected chi connectivity index (χ0v) is 8.57. The van der Waals surface area contributed by atoms with Crippen LogP contribution in [0.1, 0.15) is 12.8 Å². The molecule has 2 fully saturated rings. The number of carbonyl (C=O) groups excluding carboxylic acids is 1. The van der Waals surface area contributed by atoms with Crippen molar-refractivity contribution in [2.45, 2.75) is 18.4 Å². The molecule has 1 spiro atoms. The maximum absolute atomic E-state index is 12.1. The van der Waals surface area contributed by atoms with Crippen LogP contribution in [0.5, 0.6) is 0 Å². The fourth-order valence-electron chi connectivity index (χ4n) is 2.55. The Balaban J connectivity index is 1.69. The molecule has 0 bridgehead atoms. The minimum atomic E-state index is 0.0578. The molecule has 0 saturated carbocycles. The number of nitrogens with one attached hydrogen (secondary N) is 2. The molecule has 82 valence electrons. The summed E-state index contributed by atoms with van der Waals surface area (Å²) in [6.45, 7) is 3.26.